The number of rotatable bonds is 10. The highest BCUT2D eigenvalue weighted by Crippen LogP contribution is 2.23. The van der Waals surface area contributed by atoms with Crippen molar-refractivity contribution < 1.29 is 9.53 Å². The molecule has 7 heteroatoms. The fourth-order valence-electron chi connectivity index (χ4n) is 3.08. The van der Waals surface area contributed by atoms with E-state index in [9.17, 15) is 4.79 Å². The monoisotopic (exact) mass is 418 g/mol. The minimum absolute atomic E-state index is 0.0320. The molecule has 1 heterocycles. The van der Waals surface area contributed by atoms with Gasteiger partial charge < -0.3 is 15.0 Å². The number of unbranched alkanes of at least 4 members (excludes halogenated alkanes) is 1. The highest BCUT2D eigenvalue weighted by Gasteiger charge is 2.16. The maximum Gasteiger partial charge on any atom is 0.244 e. The van der Waals surface area contributed by atoms with Crippen LogP contribution >= 0.6 is 11.6 Å². The van der Waals surface area contributed by atoms with E-state index in [1.54, 1.807) is 17.9 Å². The molecule has 0 saturated heterocycles. The number of nitrogens with zero attached hydrogens (tertiary/aromatic N) is 3. The van der Waals surface area contributed by atoms with E-state index in [1.807, 2.05) is 45.3 Å². The van der Waals surface area contributed by atoms with Gasteiger partial charge in [-0.25, -0.2) is 0 Å². The van der Waals surface area contributed by atoms with Crippen molar-refractivity contribution in [2.75, 3.05) is 27.7 Å². The van der Waals surface area contributed by atoms with Gasteiger partial charge >= 0.3 is 0 Å². The molecule has 1 unspecified atom stereocenters. The Kier molecular flexibility index (Phi) is 8.73. The quantitative estimate of drug-likeness (QED) is 0.590. The highest BCUT2D eigenvalue weighted by atomic mass is 35.5. The number of amides is 1. The lowest BCUT2D eigenvalue weighted by Gasteiger charge is -2.25. The molecule has 0 fully saturated rings. The number of ether oxygens (including phenoxy) is 1. The maximum absolute atomic E-state index is 12.4. The van der Waals surface area contributed by atoms with Gasteiger partial charge in [0.05, 0.1) is 18.8 Å². The van der Waals surface area contributed by atoms with Gasteiger partial charge in [0.1, 0.15) is 10.9 Å². The van der Waals surface area contributed by atoms with E-state index in [0.717, 1.165) is 42.0 Å². The Morgan fingerprint density at radius 3 is 2.83 bits per heavy atom. The number of carbonyl (C=O) groups excluding carboxylic acids is 1. The van der Waals surface area contributed by atoms with Crippen LogP contribution in [0.1, 0.15) is 42.6 Å². The zero-order valence-corrected chi connectivity index (χ0v) is 18.7. The predicted molar refractivity (Wildman–Crippen MR) is 118 cm³/mol. The van der Waals surface area contributed by atoms with Crippen LogP contribution in [-0.2, 0) is 11.3 Å². The van der Waals surface area contributed by atoms with Crippen molar-refractivity contribution in [3.05, 3.63) is 52.3 Å². The Labute approximate surface area is 178 Å². The first-order chi connectivity index (χ1) is 13.9. The molecule has 158 valence electrons. The standard InChI is InChI=1S/C22H31ClN4O2/c1-6-7-13-27-22(23)19(16(2)25-27)11-12-21(28)24-15-20(26(3)4)17-9-8-10-18(14-17)29-5/h8-12,14,20H,6-7,13,15H2,1-5H3,(H,24,28)/b12-11+. The topological polar surface area (TPSA) is 59.4 Å². The van der Waals surface area contributed by atoms with Gasteiger partial charge in [0.15, 0.2) is 0 Å². The van der Waals surface area contributed by atoms with Crippen molar-refractivity contribution in [3.8, 4) is 5.75 Å². The molecule has 1 aromatic carbocycles. The molecule has 1 aromatic heterocycles. The first kappa shape index (κ1) is 23.0. The number of nitrogens with one attached hydrogen (secondary N) is 1. The minimum Gasteiger partial charge on any atom is -0.497 e. The zero-order valence-electron chi connectivity index (χ0n) is 17.9. The average Bonchev–Trinajstić information content (AvgIpc) is 2.97. The molecule has 2 rings (SSSR count). The van der Waals surface area contributed by atoms with Gasteiger partial charge in [-0.1, -0.05) is 37.1 Å². The predicted octanol–water partition coefficient (Wildman–Crippen LogP) is 4.09. The number of hydrogen-bond donors (Lipinski definition) is 1. The van der Waals surface area contributed by atoms with E-state index in [1.165, 1.54) is 6.08 Å². The van der Waals surface area contributed by atoms with Crippen molar-refractivity contribution in [3.63, 3.8) is 0 Å². The summed E-state index contributed by atoms with van der Waals surface area (Å²) in [7, 11) is 5.62. The molecule has 0 spiro atoms. The number of carbonyl (C=O) groups is 1. The molecule has 0 bridgehead atoms. The minimum atomic E-state index is -0.170. The van der Waals surface area contributed by atoms with Crippen LogP contribution in [0.4, 0.5) is 0 Å². The number of aromatic nitrogens is 2. The average molecular weight is 419 g/mol. The molecule has 1 amide bonds. The Morgan fingerprint density at radius 1 is 1.41 bits per heavy atom. The molecule has 0 aliphatic carbocycles. The normalized spacial score (nSPS) is 12.5. The molecule has 6 nitrogen and oxygen atoms in total. The molecule has 29 heavy (non-hydrogen) atoms. The molecule has 0 radical (unpaired) electrons. The second-order valence-electron chi connectivity index (χ2n) is 7.20. The van der Waals surface area contributed by atoms with Crippen LogP contribution in [0, 0.1) is 6.92 Å². The van der Waals surface area contributed by atoms with Gasteiger partial charge in [-0.15, -0.1) is 0 Å². The number of likely N-dealkylation sites (N-methyl/N-ethyl adjacent to an activating group) is 1. The lowest BCUT2D eigenvalue weighted by molar-refractivity contribution is -0.116. The van der Waals surface area contributed by atoms with Gasteiger partial charge in [0.25, 0.3) is 0 Å². The van der Waals surface area contributed by atoms with Crippen molar-refractivity contribution >= 4 is 23.6 Å². The van der Waals surface area contributed by atoms with Crippen LogP contribution in [0.3, 0.4) is 0 Å². The fraction of sp³-hybridized carbons (Fsp3) is 0.455. The summed E-state index contributed by atoms with van der Waals surface area (Å²) in [6, 6.07) is 7.91. The van der Waals surface area contributed by atoms with E-state index >= 15 is 0 Å². The molecular formula is C22H31ClN4O2. The lowest BCUT2D eigenvalue weighted by atomic mass is 10.1. The Hall–Kier alpha value is -2.31. The summed E-state index contributed by atoms with van der Waals surface area (Å²) in [6.07, 6.45) is 5.33. The van der Waals surface area contributed by atoms with Crippen molar-refractivity contribution in [2.45, 2.75) is 39.3 Å². The molecule has 2 aromatic rings. The second kappa shape index (κ2) is 11.0. The first-order valence-electron chi connectivity index (χ1n) is 9.86. The van der Waals surface area contributed by atoms with E-state index in [-0.39, 0.29) is 11.9 Å². The molecule has 1 N–H and O–H groups in total. The molecule has 1 atom stereocenters. The number of methoxy groups -OCH3 is 1. The van der Waals surface area contributed by atoms with Crippen LogP contribution in [0.5, 0.6) is 5.75 Å². The Bertz CT molecular complexity index is 845. The fourth-order valence-corrected chi connectivity index (χ4v) is 3.40. The molecule has 0 aliphatic rings. The van der Waals surface area contributed by atoms with Crippen LogP contribution < -0.4 is 10.1 Å². The Balaban J connectivity index is 2.03. The van der Waals surface area contributed by atoms with Crippen molar-refractivity contribution in [1.82, 2.24) is 20.0 Å². The SMILES string of the molecule is CCCCn1nc(C)c(/C=C/C(=O)NCC(c2cccc(OC)c2)N(C)C)c1Cl. The highest BCUT2D eigenvalue weighted by molar-refractivity contribution is 6.31. The van der Waals surface area contributed by atoms with Gasteiger partial charge in [-0.3, -0.25) is 9.48 Å². The largest absolute Gasteiger partial charge is 0.497 e. The molecule has 0 saturated carbocycles. The van der Waals surface area contributed by atoms with Gasteiger partial charge in [-0.2, -0.15) is 5.10 Å². The summed E-state index contributed by atoms with van der Waals surface area (Å²) in [5.74, 6) is 0.627. The van der Waals surface area contributed by atoms with Gasteiger partial charge in [0, 0.05) is 24.7 Å². The lowest BCUT2D eigenvalue weighted by Crippen LogP contribution is -2.33. The van der Waals surface area contributed by atoms with Gasteiger partial charge in [0.2, 0.25) is 5.91 Å². The summed E-state index contributed by atoms with van der Waals surface area (Å²) in [6.45, 7) is 5.28. The third-order valence-electron chi connectivity index (χ3n) is 4.81. The van der Waals surface area contributed by atoms with E-state index in [4.69, 9.17) is 16.3 Å². The summed E-state index contributed by atoms with van der Waals surface area (Å²) < 4.78 is 7.10. The number of hydrogen-bond acceptors (Lipinski definition) is 4. The number of benzene rings is 1. The van der Waals surface area contributed by atoms with Crippen LogP contribution in [0.15, 0.2) is 30.3 Å². The van der Waals surface area contributed by atoms with Crippen LogP contribution in [0.2, 0.25) is 5.15 Å². The second-order valence-corrected chi connectivity index (χ2v) is 7.56. The third kappa shape index (κ3) is 6.34. The summed E-state index contributed by atoms with van der Waals surface area (Å²) in [5.41, 5.74) is 2.68. The molecule has 0 aliphatic heterocycles. The number of aryl methyl sites for hydroxylation is 2. The van der Waals surface area contributed by atoms with Crippen molar-refractivity contribution in [2.24, 2.45) is 0 Å². The summed E-state index contributed by atoms with van der Waals surface area (Å²) in [4.78, 5) is 14.5. The van der Waals surface area contributed by atoms with E-state index < -0.39 is 0 Å². The van der Waals surface area contributed by atoms with E-state index in [0.29, 0.717) is 11.7 Å². The van der Waals surface area contributed by atoms with Gasteiger partial charge in [-0.05, 0) is 51.2 Å². The zero-order chi connectivity index (χ0) is 21.4. The third-order valence-corrected chi connectivity index (χ3v) is 5.20. The Morgan fingerprint density at radius 2 is 2.17 bits per heavy atom. The number of halogens is 1. The smallest absolute Gasteiger partial charge is 0.244 e. The van der Waals surface area contributed by atoms with Crippen LogP contribution in [-0.4, -0.2) is 48.3 Å². The summed E-state index contributed by atoms with van der Waals surface area (Å²) in [5, 5.41) is 8.01. The summed E-state index contributed by atoms with van der Waals surface area (Å²) >= 11 is 6.43. The maximum atomic E-state index is 12.4. The van der Waals surface area contributed by atoms with Crippen LogP contribution in [0.25, 0.3) is 6.08 Å². The first-order valence-corrected chi connectivity index (χ1v) is 10.2. The van der Waals surface area contributed by atoms with E-state index in [2.05, 4.69) is 22.2 Å². The van der Waals surface area contributed by atoms with Crippen molar-refractivity contribution in [1.29, 1.82) is 0 Å². The molecular weight excluding hydrogens is 388 g/mol.